The normalized spacial score (nSPS) is 19.6. The SMILES string of the molecule is CCC1=C(c2cccc(-c3ccccc3)c2)/N=C(/CCC2c3ccccc3-c3ccc4c(c32)c2ccccc2n4-c2ccccc2)C(C)C\C=C\1c1ccccc1. The molecule has 0 spiro atoms. The van der Waals surface area contributed by atoms with E-state index >= 15 is 0 Å². The Morgan fingerprint density at radius 2 is 1.26 bits per heavy atom. The van der Waals surface area contributed by atoms with Gasteiger partial charge in [-0.1, -0.05) is 166 Å². The van der Waals surface area contributed by atoms with Gasteiger partial charge in [-0.25, -0.2) is 0 Å². The lowest BCUT2D eigenvalue weighted by Gasteiger charge is -2.24. The Morgan fingerprint density at radius 1 is 0.596 bits per heavy atom. The number of para-hydroxylation sites is 2. The first-order valence-corrected chi connectivity index (χ1v) is 20.6. The van der Waals surface area contributed by atoms with Crippen LogP contribution in [0.1, 0.15) is 67.7 Å². The average molecular weight is 735 g/mol. The molecule has 8 aromatic rings. The number of rotatable bonds is 8. The second-order valence-electron chi connectivity index (χ2n) is 15.6. The maximum atomic E-state index is 5.83. The monoisotopic (exact) mass is 734 g/mol. The van der Waals surface area contributed by atoms with Crippen LogP contribution in [0.2, 0.25) is 0 Å². The molecule has 2 nitrogen and oxygen atoms in total. The van der Waals surface area contributed by atoms with E-state index in [2.05, 4.69) is 200 Å². The maximum Gasteiger partial charge on any atom is 0.0739 e. The first kappa shape index (κ1) is 34.9. The van der Waals surface area contributed by atoms with E-state index in [0.29, 0.717) is 5.92 Å². The van der Waals surface area contributed by atoms with E-state index in [1.165, 1.54) is 88.9 Å². The molecule has 2 aliphatic rings. The number of allylic oxidation sites excluding steroid dienone is 3. The Labute approximate surface area is 336 Å². The number of fused-ring (bicyclic) bond motifs is 7. The van der Waals surface area contributed by atoms with Crippen molar-refractivity contribution in [1.29, 1.82) is 0 Å². The molecule has 0 N–H and O–H groups in total. The standard InChI is InChI=1S/C55H46N2/c1-3-43-44(39-20-9-5-10-21-39)31-30-37(2)50(56-55(43)41-23-17-22-40(36-41)38-18-7-4-8-19-38)34-32-47-45-26-13-14-27-46(45)48-33-35-52-54(53(47)48)49-28-15-16-29-51(49)57(52)42-24-11-6-12-25-42/h4-29,31,33,35-37,47H,3,30,32,34H2,1-2H3/b44-31+,55-43-,56-50-. The fourth-order valence-electron chi connectivity index (χ4n) is 9.62. The van der Waals surface area contributed by atoms with Crippen LogP contribution in [0.25, 0.3) is 61.0 Å². The highest BCUT2D eigenvalue weighted by molar-refractivity contribution is 6.14. The van der Waals surface area contributed by atoms with Crippen LogP contribution < -0.4 is 0 Å². The Balaban J connectivity index is 1.12. The molecule has 57 heavy (non-hydrogen) atoms. The van der Waals surface area contributed by atoms with Crippen LogP contribution >= 0.6 is 0 Å². The second-order valence-corrected chi connectivity index (χ2v) is 15.6. The Bertz CT molecular complexity index is 2850. The minimum Gasteiger partial charge on any atom is -0.309 e. The summed E-state index contributed by atoms with van der Waals surface area (Å²) in [5.74, 6) is 0.548. The molecular weight excluding hydrogens is 689 g/mol. The summed E-state index contributed by atoms with van der Waals surface area (Å²) in [4.78, 5) is 5.83. The molecule has 2 heteroatoms. The molecule has 1 aliphatic carbocycles. The number of hydrogen-bond donors (Lipinski definition) is 0. The van der Waals surface area contributed by atoms with Gasteiger partial charge in [0.2, 0.25) is 0 Å². The van der Waals surface area contributed by atoms with Gasteiger partial charge in [-0.15, -0.1) is 0 Å². The highest BCUT2D eigenvalue weighted by Gasteiger charge is 2.33. The summed E-state index contributed by atoms with van der Waals surface area (Å²) in [6.07, 6.45) is 6.25. The number of benzene rings is 7. The van der Waals surface area contributed by atoms with Crippen LogP contribution in [-0.4, -0.2) is 10.3 Å². The minimum atomic E-state index is 0.255. The van der Waals surface area contributed by atoms with Crippen LogP contribution in [0.15, 0.2) is 193 Å². The van der Waals surface area contributed by atoms with E-state index in [9.17, 15) is 0 Å². The van der Waals surface area contributed by atoms with Crippen molar-refractivity contribution in [3.8, 4) is 27.9 Å². The zero-order valence-electron chi connectivity index (χ0n) is 32.7. The second kappa shape index (κ2) is 14.9. The summed E-state index contributed by atoms with van der Waals surface area (Å²) < 4.78 is 2.45. The molecule has 7 aromatic carbocycles. The molecule has 2 unspecified atom stereocenters. The quantitative estimate of drug-likeness (QED) is 0.148. The Morgan fingerprint density at radius 3 is 2.05 bits per heavy atom. The molecule has 1 aromatic heterocycles. The third-order valence-electron chi connectivity index (χ3n) is 12.3. The first-order chi connectivity index (χ1) is 28.2. The van der Waals surface area contributed by atoms with Crippen LogP contribution in [0, 0.1) is 5.92 Å². The van der Waals surface area contributed by atoms with Crippen LogP contribution in [0.4, 0.5) is 0 Å². The van der Waals surface area contributed by atoms with Crippen molar-refractivity contribution >= 4 is 38.8 Å². The van der Waals surface area contributed by atoms with Crippen molar-refractivity contribution in [2.45, 2.75) is 45.4 Å². The van der Waals surface area contributed by atoms with Gasteiger partial charge in [0.25, 0.3) is 0 Å². The zero-order valence-corrected chi connectivity index (χ0v) is 32.7. The van der Waals surface area contributed by atoms with Crippen LogP contribution in [0.5, 0.6) is 0 Å². The smallest absolute Gasteiger partial charge is 0.0739 e. The van der Waals surface area contributed by atoms with Crippen molar-refractivity contribution in [3.63, 3.8) is 0 Å². The molecule has 2 atom stereocenters. The van der Waals surface area contributed by atoms with Gasteiger partial charge in [0.15, 0.2) is 0 Å². The van der Waals surface area contributed by atoms with Gasteiger partial charge in [-0.2, -0.15) is 0 Å². The molecule has 0 saturated heterocycles. The molecule has 10 rings (SSSR count). The molecule has 0 radical (unpaired) electrons. The number of hydrogen-bond acceptors (Lipinski definition) is 1. The zero-order chi connectivity index (χ0) is 38.3. The predicted octanol–water partition coefficient (Wildman–Crippen LogP) is 14.7. The first-order valence-electron chi connectivity index (χ1n) is 20.6. The third-order valence-corrected chi connectivity index (χ3v) is 12.3. The number of aliphatic imine (C=N–C) groups is 1. The number of nitrogens with zero attached hydrogens (tertiary/aromatic N) is 2. The van der Waals surface area contributed by atoms with Gasteiger partial charge in [0.1, 0.15) is 0 Å². The average Bonchev–Trinajstić information content (AvgIpc) is 3.78. The van der Waals surface area contributed by atoms with Gasteiger partial charge < -0.3 is 4.57 Å². The minimum absolute atomic E-state index is 0.255. The van der Waals surface area contributed by atoms with E-state index in [0.717, 1.165) is 31.4 Å². The molecule has 0 fully saturated rings. The topological polar surface area (TPSA) is 17.3 Å². The summed E-state index contributed by atoms with van der Waals surface area (Å²) in [6, 6.07) is 64.3. The van der Waals surface area contributed by atoms with Gasteiger partial charge >= 0.3 is 0 Å². The molecule has 2 heterocycles. The van der Waals surface area contributed by atoms with Gasteiger partial charge in [0, 0.05) is 33.7 Å². The summed E-state index contributed by atoms with van der Waals surface area (Å²) in [5, 5.41) is 2.69. The highest BCUT2D eigenvalue weighted by atomic mass is 15.0. The van der Waals surface area contributed by atoms with E-state index < -0.39 is 0 Å². The predicted molar refractivity (Wildman–Crippen MR) is 242 cm³/mol. The van der Waals surface area contributed by atoms with Gasteiger partial charge in [-0.3, -0.25) is 4.99 Å². The molecule has 0 bridgehead atoms. The number of aromatic nitrogens is 1. The van der Waals surface area contributed by atoms with Crippen molar-refractivity contribution in [3.05, 3.63) is 210 Å². The lowest BCUT2D eigenvalue weighted by Crippen LogP contribution is -2.15. The molecular formula is C55H46N2. The molecule has 276 valence electrons. The molecule has 1 aliphatic heterocycles. The third kappa shape index (κ3) is 6.17. The maximum absolute atomic E-state index is 5.83. The Hall–Kier alpha value is -6.51. The van der Waals surface area contributed by atoms with Crippen LogP contribution in [-0.2, 0) is 0 Å². The summed E-state index contributed by atoms with van der Waals surface area (Å²) in [7, 11) is 0. The summed E-state index contributed by atoms with van der Waals surface area (Å²) in [6.45, 7) is 4.67. The fraction of sp³-hybridized carbons (Fsp3) is 0.145. The van der Waals surface area contributed by atoms with Crippen molar-refractivity contribution in [1.82, 2.24) is 4.57 Å². The van der Waals surface area contributed by atoms with E-state index in [1.807, 2.05) is 0 Å². The van der Waals surface area contributed by atoms with E-state index in [1.54, 1.807) is 0 Å². The van der Waals surface area contributed by atoms with Crippen LogP contribution in [0.3, 0.4) is 0 Å². The van der Waals surface area contributed by atoms with Crippen molar-refractivity contribution in [2.75, 3.05) is 0 Å². The molecule has 0 saturated carbocycles. The summed E-state index contributed by atoms with van der Waals surface area (Å²) >= 11 is 0. The van der Waals surface area contributed by atoms with Gasteiger partial charge in [0.05, 0.1) is 16.7 Å². The lowest BCUT2D eigenvalue weighted by molar-refractivity contribution is 0.711. The van der Waals surface area contributed by atoms with Gasteiger partial charge in [-0.05, 0) is 112 Å². The van der Waals surface area contributed by atoms with E-state index in [-0.39, 0.29) is 5.92 Å². The summed E-state index contributed by atoms with van der Waals surface area (Å²) in [5.41, 5.74) is 19.2. The van der Waals surface area contributed by atoms with Crippen molar-refractivity contribution < 1.29 is 0 Å². The van der Waals surface area contributed by atoms with Crippen molar-refractivity contribution in [2.24, 2.45) is 10.9 Å². The lowest BCUT2D eigenvalue weighted by atomic mass is 9.84. The fourth-order valence-corrected chi connectivity index (χ4v) is 9.62. The largest absolute Gasteiger partial charge is 0.309 e. The molecule has 0 amide bonds. The highest BCUT2D eigenvalue weighted by Crippen LogP contribution is 2.52. The van der Waals surface area contributed by atoms with E-state index in [4.69, 9.17) is 4.99 Å². The Kier molecular flexibility index (Phi) is 9.11.